The van der Waals surface area contributed by atoms with Gasteiger partial charge in [0.1, 0.15) is 12.4 Å². The van der Waals surface area contributed by atoms with Crippen LogP contribution in [0, 0.1) is 5.92 Å². The van der Waals surface area contributed by atoms with Gasteiger partial charge in [0.15, 0.2) is 0 Å². The van der Waals surface area contributed by atoms with Gasteiger partial charge in [-0.15, -0.1) is 0 Å². The van der Waals surface area contributed by atoms with E-state index in [1.54, 1.807) is 6.20 Å². The third kappa shape index (κ3) is 2.03. The minimum Gasteiger partial charge on any atom is -0.340 e. The zero-order valence-corrected chi connectivity index (χ0v) is 9.31. The largest absolute Gasteiger partial charge is 0.340 e. The molecule has 0 aromatic carbocycles. The summed E-state index contributed by atoms with van der Waals surface area (Å²) in [6.07, 6.45) is 4.50. The predicted octanol–water partition coefficient (Wildman–Crippen LogP) is 0.924. The Balaban J connectivity index is 1.94. The molecule has 1 saturated heterocycles. The van der Waals surface area contributed by atoms with Gasteiger partial charge in [-0.25, -0.2) is 4.98 Å². The molecular formula is C11H17N3O. The quantitative estimate of drug-likeness (QED) is 0.739. The molecule has 0 N–H and O–H groups in total. The molecular weight excluding hydrogens is 190 g/mol. The molecule has 1 aromatic rings. The summed E-state index contributed by atoms with van der Waals surface area (Å²) >= 11 is 0. The number of carbonyl (C=O) groups is 1. The molecule has 0 saturated carbocycles. The minimum absolute atomic E-state index is 0.209. The van der Waals surface area contributed by atoms with Crippen LogP contribution < -0.4 is 0 Å². The first-order valence-corrected chi connectivity index (χ1v) is 5.48. The van der Waals surface area contributed by atoms with E-state index in [-0.39, 0.29) is 5.91 Å². The molecule has 82 valence electrons. The van der Waals surface area contributed by atoms with Crippen molar-refractivity contribution in [3.8, 4) is 0 Å². The second kappa shape index (κ2) is 4.04. The number of hydrogen-bond donors (Lipinski definition) is 0. The normalized spacial score (nSPS) is 16.5. The maximum Gasteiger partial charge on any atom is 0.242 e. The number of aromatic nitrogens is 2. The van der Waals surface area contributed by atoms with Crippen LogP contribution in [0.5, 0.6) is 0 Å². The molecule has 1 aliphatic rings. The van der Waals surface area contributed by atoms with Crippen molar-refractivity contribution in [2.75, 3.05) is 13.1 Å². The van der Waals surface area contributed by atoms with Crippen molar-refractivity contribution in [2.45, 2.75) is 26.8 Å². The van der Waals surface area contributed by atoms with E-state index in [4.69, 9.17) is 0 Å². The van der Waals surface area contributed by atoms with E-state index in [2.05, 4.69) is 18.8 Å². The van der Waals surface area contributed by atoms with Crippen molar-refractivity contribution < 1.29 is 4.79 Å². The van der Waals surface area contributed by atoms with Crippen LogP contribution in [0.3, 0.4) is 0 Å². The van der Waals surface area contributed by atoms with Crippen LogP contribution in [0.25, 0.3) is 0 Å². The molecule has 0 bridgehead atoms. The van der Waals surface area contributed by atoms with Gasteiger partial charge in [0.05, 0.1) is 0 Å². The van der Waals surface area contributed by atoms with Crippen LogP contribution in [0.2, 0.25) is 0 Å². The molecule has 15 heavy (non-hydrogen) atoms. The Morgan fingerprint density at radius 3 is 2.93 bits per heavy atom. The number of aryl methyl sites for hydroxylation is 1. The van der Waals surface area contributed by atoms with Gasteiger partial charge in [0.2, 0.25) is 5.91 Å². The first-order chi connectivity index (χ1) is 7.20. The molecule has 4 nitrogen and oxygen atoms in total. The molecule has 4 heteroatoms. The molecule has 0 aliphatic carbocycles. The molecule has 1 fully saturated rings. The highest BCUT2D eigenvalue weighted by molar-refractivity contribution is 5.76. The Labute approximate surface area is 89.9 Å². The zero-order valence-electron chi connectivity index (χ0n) is 9.31. The molecule has 0 unspecified atom stereocenters. The first kappa shape index (κ1) is 10.2. The van der Waals surface area contributed by atoms with Crippen LogP contribution in [0.1, 0.15) is 19.7 Å². The molecule has 0 atom stereocenters. The summed E-state index contributed by atoms with van der Waals surface area (Å²) in [5.74, 6) is 1.86. The third-order valence-corrected chi connectivity index (χ3v) is 2.84. The van der Waals surface area contributed by atoms with Crippen LogP contribution >= 0.6 is 0 Å². The van der Waals surface area contributed by atoms with Crippen LogP contribution in [-0.2, 0) is 17.8 Å². The Bertz CT molecular complexity index is 352. The van der Waals surface area contributed by atoms with E-state index < -0.39 is 0 Å². The molecule has 2 heterocycles. The summed E-state index contributed by atoms with van der Waals surface area (Å²) in [5.41, 5.74) is 0. The molecule has 1 aromatic heterocycles. The molecule has 1 aliphatic heterocycles. The second-order valence-corrected chi connectivity index (χ2v) is 4.23. The Hall–Kier alpha value is -1.32. The fourth-order valence-electron chi connectivity index (χ4n) is 1.95. The number of likely N-dealkylation sites (tertiary alicyclic amines) is 1. The number of hydrogen-bond acceptors (Lipinski definition) is 2. The van der Waals surface area contributed by atoms with E-state index in [0.29, 0.717) is 12.5 Å². The smallest absolute Gasteiger partial charge is 0.242 e. The fraction of sp³-hybridized carbons (Fsp3) is 0.636. The average molecular weight is 207 g/mol. The van der Waals surface area contributed by atoms with Gasteiger partial charge in [-0.05, 0) is 5.92 Å². The summed E-state index contributed by atoms with van der Waals surface area (Å²) in [4.78, 5) is 17.9. The molecule has 0 radical (unpaired) electrons. The highest BCUT2D eigenvalue weighted by Crippen LogP contribution is 2.14. The first-order valence-electron chi connectivity index (χ1n) is 5.48. The Morgan fingerprint density at radius 1 is 1.60 bits per heavy atom. The number of amides is 1. The second-order valence-electron chi connectivity index (χ2n) is 4.23. The van der Waals surface area contributed by atoms with Crippen molar-refractivity contribution in [1.82, 2.24) is 14.5 Å². The molecule has 0 spiro atoms. The number of imidazole rings is 1. The number of carbonyl (C=O) groups excluding carboxylic acids is 1. The summed E-state index contributed by atoms with van der Waals surface area (Å²) in [7, 11) is 0. The zero-order chi connectivity index (χ0) is 10.8. The topological polar surface area (TPSA) is 38.1 Å². The van der Waals surface area contributed by atoms with E-state index >= 15 is 0 Å². The van der Waals surface area contributed by atoms with Crippen molar-refractivity contribution in [3.63, 3.8) is 0 Å². The van der Waals surface area contributed by atoms with Crippen LogP contribution in [0.15, 0.2) is 12.4 Å². The minimum atomic E-state index is 0.209. The number of nitrogens with zero attached hydrogens (tertiary/aromatic N) is 3. The SMILES string of the molecule is CCc1nccn1CC(=O)N1CC(C)C1. The lowest BCUT2D eigenvalue weighted by molar-refractivity contribution is -0.137. The highest BCUT2D eigenvalue weighted by Gasteiger charge is 2.26. The van der Waals surface area contributed by atoms with Gasteiger partial charge < -0.3 is 9.47 Å². The molecule has 2 rings (SSSR count). The predicted molar refractivity (Wildman–Crippen MR) is 57.3 cm³/mol. The van der Waals surface area contributed by atoms with E-state index in [9.17, 15) is 4.79 Å². The average Bonchev–Trinajstić information content (AvgIpc) is 2.60. The fourth-order valence-corrected chi connectivity index (χ4v) is 1.95. The van der Waals surface area contributed by atoms with Gasteiger partial charge in [0, 0.05) is 31.9 Å². The van der Waals surface area contributed by atoms with E-state index in [1.165, 1.54) is 0 Å². The lowest BCUT2D eigenvalue weighted by Crippen LogP contribution is -2.49. The highest BCUT2D eigenvalue weighted by atomic mass is 16.2. The Kier molecular flexibility index (Phi) is 2.75. The van der Waals surface area contributed by atoms with Crippen molar-refractivity contribution in [1.29, 1.82) is 0 Å². The van der Waals surface area contributed by atoms with Crippen molar-refractivity contribution in [3.05, 3.63) is 18.2 Å². The summed E-state index contributed by atoms with van der Waals surface area (Å²) in [6.45, 7) is 6.48. The van der Waals surface area contributed by atoms with Crippen molar-refractivity contribution in [2.24, 2.45) is 5.92 Å². The standard InChI is InChI=1S/C11H17N3O/c1-3-10-12-4-5-13(10)8-11(15)14-6-9(2)7-14/h4-5,9H,3,6-8H2,1-2H3. The summed E-state index contributed by atoms with van der Waals surface area (Å²) < 4.78 is 1.94. The maximum atomic E-state index is 11.8. The van der Waals surface area contributed by atoms with Gasteiger partial charge in [0.25, 0.3) is 0 Å². The molecule has 1 amide bonds. The summed E-state index contributed by atoms with van der Waals surface area (Å²) in [5, 5.41) is 0. The third-order valence-electron chi connectivity index (χ3n) is 2.84. The number of rotatable bonds is 3. The lowest BCUT2D eigenvalue weighted by atomic mass is 10.0. The Morgan fingerprint density at radius 2 is 2.33 bits per heavy atom. The van der Waals surface area contributed by atoms with Gasteiger partial charge in [-0.3, -0.25) is 4.79 Å². The monoisotopic (exact) mass is 207 g/mol. The van der Waals surface area contributed by atoms with E-state index in [1.807, 2.05) is 15.7 Å². The van der Waals surface area contributed by atoms with Gasteiger partial charge in [-0.1, -0.05) is 13.8 Å². The summed E-state index contributed by atoms with van der Waals surface area (Å²) in [6, 6.07) is 0. The van der Waals surface area contributed by atoms with Gasteiger partial charge >= 0.3 is 0 Å². The maximum absolute atomic E-state index is 11.8. The van der Waals surface area contributed by atoms with Crippen LogP contribution in [0.4, 0.5) is 0 Å². The van der Waals surface area contributed by atoms with Crippen molar-refractivity contribution >= 4 is 5.91 Å². The van der Waals surface area contributed by atoms with E-state index in [0.717, 1.165) is 25.3 Å². The van der Waals surface area contributed by atoms with Crippen LogP contribution in [-0.4, -0.2) is 33.4 Å². The lowest BCUT2D eigenvalue weighted by Gasteiger charge is -2.37. The van der Waals surface area contributed by atoms with Gasteiger partial charge in [-0.2, -0.15) is 0 Å².